The predicted molar refractivity (Wildman–Crippen MR) is 134 cm³/mol. The van der Waals surface area contributed by atoms with E-state index in [1.54, 1.807) is 4.63 Å². The van der Waals surface area contributed by atoms with Gasteiger partial charge in [0.05, 0.1) is 6.10 Å². The van der Waals surface area contributed by atoms with Gasteiger partial charge in [0.25, 0.3) is 0 Å². The highest BCUT2D eigenvalue weighted by Crippen LogP contribution is 2.30. The van der Waals surface area contributed by atoms with Crippen LogP contribution in [-0.2, 0) is 4.74 Å². The van der Waals surface area contributed by atoms with Crippen molar-refractivity contribution in [1.29, 1.82) is 0 Å². The summed E-state index contributed by atoms with van der Waals surface area (Å²) in [6.07, 6.45) is 3.46. The molecule has 0 atom stereocenters. The Balaban J connectivity index is 1.08. The first kappa shape index (κ1) is 22.5. The van der Waals surface area contributed by atoms with Crippen LogP contribution in [-0.4, -0.2) is 57.0 Å². The standard InChI is InChI=1S/C27H32N6O/c1-21-29-26-14-13-25(31-33(26)30-21)28-17-8-18-32-19-15-24(16-20-32)34-27(22-9-4-2-5-10-22)23-11-6-3-7-12-23/h2-7,9-14,24,27H,8,15-20H2,1H3,(H,28,31). The highest BCUT2D eigenvalue weighted by atomic mass is 16.5. The molecule has 0 bridgehead atoms. The van der Waals surface area contributed by atoms with Crippen LogP contribution in [0.4, 0.5) is 5.82 Å². The lowest BCUT2D eigenvalue weighted by molar-refractivity contribution is -0.0269. The molecule has 34 heavy (non-hydrogen) atoms. The summed E-state index contributed by atoms with van der Waals surface area (Å²) < 4.78 is 8.26. The third kappa shape index (κ3) is 5.61. The minimum absolute atomic E-state index is 0.0123. The number of likely N-dealkylation sites (tertiary alicyclic amines) is 1. The van der Waals surface area contributed by atoms with Crippen molar-refractivity contribution in [3.8, 4) is 0 Å². The highest BCUT2D eigenvalue weighted by molar-refractivity contribution is 5.43. The molecular formula is C27H32N6O. The van der Waals surface area contributed by atoms with Gasteiger partial charge in [-0.05, 0) is 56.0 Å². The number of piperidine rings is 1. The topological polar surface area (TPSA) is 67.6 Å². The molecule has 0 amide bonds. The lowest BCUT2D eigenvalue weighted by Crippen LogP contribution is -2.38. The van der Waals surface area contributed by atoms with Crippen LogP contribution in [0.25, 0.3) is 5.65 Å². The fourth-order valence-corrected chi connectivity index (χ4v) is 4.57. The lowest BCUT2D eigenvalue weighted by atomic mass is 10.00. The summed E-state index contributed by atoms with van der Waals surface area (Å²) in [4.78, 5) is 6.86. The van der Waals surface area contributed by atoms with Gasteiger partial charge in [-0.2, -0.15) is 0 Å². The van der Waals surface area contributed by atoms with Gasteiger partial charge in [-0.25, -0.2) is 4.98 Å². The molecule has 0 aliphatic carbocycles. The van der Waals surface area contributed by atoms with Crippen LogP contribution < -0.4 is 5.32 Å². The maximum atomic E-state index is 6.67. The van der Waals surface area contributed by atoms with Gasteiger partial charge in [-0.3, -0.25) is 0 Å². The van der Waals surface area contributed by atoms with E-state index in [9.17, 15) is 0 Å². The first-order valence-corrected chi connectivity index (χ1v) is 12.2. The Bertz CT molecular complexity index is 1130. The van der Waals surface area contributed by atoms with Crippen LogP contribution in [0, 0.1) is 6.92 Å². The van der Waals surface area contributed by atoms with Crippen LogP contribution in [0.2, 0.25) is 0 Å². The van der Waals surface area contributed by atoms with Crippen molar-refractivity contribution in [2.75, 3.05) is 31.5 Å². The Morgan fingerprint density at radius 1 is 0.912 bits per heavy atom. The van der Waals surface area contributed by atoms with Crippen molar-refractivity contribution in [2.45, 2.75) is 38.4 Å². The molecule has 0 saturated carbocycles. The van der Waals surface area contributed by atoms with Gasteiger partial charge in [0, 0.05) is 19.6 Å². The third-order valence-electron chi connectivity index (χ3n) is 6.34. The number of ether oxygens (including phenoxy) is 1. The van der Waals surface area contributed by atoms with Crippen molar-refractivity contribution < 1.29 is 4.74 Å². The second kappa shape index (κ2) is 10.8. The van der Waals surface area contributed by atoms with E-state index in [1.807, 2.05) is 19.1 Å². The van der Waals surface area contributed by atoms with Gasteiger partial charge in [0.1, 0.15) is 17.7 Å². The molecule has 0 unspecified atom stereocenters. The van der Waals surface area contributed by atoms with E-state index in [0.29, 0.717) is 0 Å². The SMILES string of the molecule is Cc1nc2ccc(NCCCN3CCC(OC(c4ccccc4)c4ccccc4)CC3)nn2n1. The normalized spacial score (nSPS) is 15.2. The summed E-state index contributed by atoms with van der Waals surface area (Å²) in [6.45, 7) is 5.98. The van der Waals surface area contributed by atoms with Gasteiger partial charge in [0.2, 0.25) is 0 Å². The summed E-state index contributed by atoms with van der Waals surface area (Å²) in [7, 11) is 0. The molecule has 1 aliphatic rings. The minimum atomic E-state index is -0.0123. The highest BCUT2D eigenvalue weighted by Gasteiger charge is 2.24. The number of rotatable bonds is 9. The van der Waals surface area contributed by atoms with Gasteiger partial charge in [-0.15, -0.1) is 14.8 Å². The minimum Gasteiger partial charge on any atom is -0.369 e. The second-order valence-corrected chi connectivity index (χ2v) is 8.88. The monoisotopic (exact) mass is 456 g/mol. The van der Waals surface area contributed by atoms with E-state index in [-0.39, 0.29) is 12.2 Å². The Morgan fingerprint density at radius 2 is 1.59 bits per heavy atom. The van der Waals surface area contributed by atoms with Crippen LogP contribution in [0.5, 0.6) is 0 Å². The first-order valence-electron chi connectivity index (χ1n) is 12.2. The average Bonchev–Trinajstić information content (AvgIpc) is 3.26. The van der Waals surface area contributed by atoms with E-state index in [0.717, 1.165) is 62.7 Å². The van der Waals surface area contributed by atoms with Crippen LogP contribution >= 0.6 is 0 Å². The van der Waals surface area contributed by atoms with Crippen molar-refractivity contribution in [3.63, 3.8) is 0 Å². The van der Waals surface area contributed by atoms with Crippen molar-refractivity contribution >= 4 is 11.5 Å². The van der Waals surface area contributed by atoms with Gasteiger partial charge in [0.15, 0.2) is 5.65 Å². The molecule has 7 heteroatoms. The Morgan fingerprint density at radius 3 is 2.26 bits per heavy atom. The number of fused-ring (bicyclic) bond motifs is 1. The summed E-state index contributed by atoms with van der Waals surface area (Å²) in [5.74, 6) is 1.56. The summed E-state index contributed by atoms with van der Waals surface area (Å²) in [5.41, 5.74) is 3.21. The first-order chi connectivity index (χ1) is 16.7. The van der Waals surface area contributed by atoms with E-state index in [4.69, 9.17) is 4.74 Å². The third-order valence-corrected chi connectivity index (χ3v) is 6.34. The molecule has 5 rings (SSSR count). The van der Waals surface area contributed by atoms with E-state index in [2.05, 4.69) is 86.1 Å². The average molecular weight is 457 g/mol. The predicted octanol–water partition coefficient (Wildman–Crippen LogP) is 4.51. The van der Waals surface area contributed by atoms with Crippen molar-refractivity contribution in [3.05, 3.63) is 89.7 Å². The molecule has 4 aromatic rings. The summed E-state index contributed by atoms with van der Waals surface area (Å²) >= 11 is 0. The number of aromatic nitrogens is 4. The molecule has 176 valence electrons. The quantitative estimate of drug-likeness (QED) is 0.374. The van der Waals surface area contributed by atoms with Gasteiger partial charge in [-0.1, -0.05) is 60.7 Å². The second-order valence-electron chi connectivity index (χ2n) is 8.88. The maximum absolute atomic E-state index is 6.67. The molecule has 0 spiro atoms. The van der Waals surface area contributed by atoms with E-state index < -0.39 is 0 Å². The Hall–Kier alpha value is -3.29. The fourth-order valence-electron chi connectivity index (χ4n) is 4.57. The van der Waals surface area contributed by atoms with Gasteiger partial charge >= 0.3 is 0 Å². The Kier molecular flexibility index (Phi) is 7.12. The number of aryl methyl sites for hydroxylation is 1. The zero-order chi connectivity index (χ0) is 23.2. The van der Waals surface area contributed by atoms with Gasteiger partial charge < -0.3 is 15.0 Å². The molecule has 2 aromatic carbocycles. The summed E-state index contributed by atoms with van der Waals surface area (Å²) in [5, 5.41) is 12.2. The molecule has 2 aromatic heterocycles. The largest absolute Gasteiger partial charge is 0.369 e. The van der Waals surface area contributed by atoms with Crippen molar-refractivity contribution in [1.82, 2.24) is 24.7 Å². The number of hydrogen-bond acceptors (Lipinski definition) is 6. The smallest absolute Gasteiger partial charge is 0.176 e. The maximum Gasteiger partial charge on any atom is 0.176 e. The Labute approximate surface area is 200 Å². The molecule has 1 fully saturated rings. The molecule has 0 radical (unpaired) electrons. The number of nitrogens with zero attached hydrogens (tertiary/aromatic N) is 5. The molecule has 1 saturated heterocycles. The lowest BCUT2D eigenvalue weighted by Gasteiger charge is -2.34. The number of nitrogens with one attached hydrogen (secondary N) is 1. The molecular weight excluding hydrogens is 424 g/mol. The molecule has 3 heterocycles. The number of hydrogen-bond donors (Lipinski definition) is 1. The molecule has 1 N–H and O–H groups in total. The van der Waals surface area contributed by atoms with Crippen LogP contribution in [0.1, 0.15) is 42.3 Å². The van der Waals surface area contributed by atoms with Crippen molar-refractivity contribution in [2.24, 2.45) is 0 Å². The van der Waals surface area contributed by atoms with E-state index >= 15 is 0 Å². The number of anilines is 1. The molecule has 1 aliphatic heterocycles. The van der Waals surface area contributed by atoms with Crippen LogP contribution in [0.3, 0.4) is 0 Å². The fraction of sp³-hybridized carbons (Fsp3) is 0.370. The molecule has 7 nitrogen and oxygen atoms in total. The van der Waals surface area contributed by atoms with Crippen LogP contribution in [0.15, 0.2) is 72.8 Å². The van der Waals surface area contributed by atoms with E-state index in [1.165, 1.54) is 11.1 Å². The zero-order valence-corrected chi connectivity index (χ0v) is 19.7. The number of benzene rings is 2. The summed E-state index contributed by atoms with van der Waals surface area (Å²) in [6, 6.07) is 25.0. The zero-order valence-electron chi connectivity index (χ0n) is 19.7.